The van der Waals surface area contributed by atoms with Gasteiger partial charge in [0.05, 0.1) is 11.9 Å². The Morgan fingerprint density at radius 2 is 2.00 bits per heavy atom. The highest BCUT2D eigenvalue weighted by atomic mass is 16.1. The fraction of sp³-hybridized carbons (Fsp3) is 0.211. The van der Waals surface area contributed by atoms with E-state index < -0.39 is 0 Å². The zero-order chi connectivity index (χ0) is 17.1. The average molecular weight is 318 g/mol. The molecule has 0 spiro atoms. The maximum atomic E-state index is 12.0. The van der Waals surface area contributed by atoms with Gasteiger partial charge < -0.3 is 0 Å². The highest BCUT2D eigenvalue weighted by molar-refractivity contribution is 5.46. The van der Waals surface area contributed by atoms with Gasteiger partial charge in [0, 0.05) is 30.6 Å². The Morgan fingerprint density at radius 1 is 1.17 bits per heavy atom. The van der Waals surface area contributed by atoms with Crippen molar-refractivity contribution >= 4 is 0 Å². The molecule has 2 heterocycles. The molecule has 0 amide bonds. The lowest BCUT2D eigenvalue weighted by Gasteiger charge is -2.05. The van der Waals surface area contributed by atoms with Gasteiger partial charge >= 0.3 is 0 Å². The van der Waals surface area contributed by atoms with Gasteiger partial charge in [-0.15, -0.1) is 0 Å². The van der Waals surface area contributed by atoms with E-state index in [4.69, 9.17) is 0 Å². The SMILES string of the molecule is CCn1ncc(-n2ccnc2C#Cc2ccc(C)cc2C)cc1=O. The standard InChI is InChI=1S/C19H18N4O/c1-4-23-19(24)12-17(13-21-23)22-10-9-20-18(22)8-7-16-6-5-14(2)11-15(16)3/h5-6,9-13H,4H2,1-3H3. The number of aryl methyl sites for hydroxylation is 3. The normalized spacial score (nSPS) is 10.3. The molecule has 0 fully saturated rings. The van der Waals surface area contributed by atoms with Crippen LogP contribution in [0.5, 0.6) is 0 Å². The van der Waals surface area contributed by atoms with Crippen molar-refractivity contribution < 1.29 is 0 Å². The lowest BCUT2D eigenvalue weighted by atomic mass is 10.1. The van der Waals surface area contributed by atoms with Crippen molar-refractivity contribution in [3.05, 3.63) is 75.7 Å². The van der Waals surface area contributed by atoms with Crippen molar-refractivity contribution in [3.63, 3.8) is 0 Å². The molecular weight excluding hydrogens is 300 g/mol. The van der Waals surface area contributed by atoms with Gasteiger partial charge in [0.2, 0.25) is 0 Å². The molecule has 0 aliphatic carbocycles. The molecule has 0 saturated heterocycles. The quantitative estimate of drug-likeness (QED) is 0.682. The van der Waals surface area contributed by atoms with Crippen LogP contribution in [0.1, 0.15) is 29.4 Å². The van der Waals surface area contributed by atoms with E-state index >= 15 is 0 Å². The minimum atomic E-state index is -0.142. The van der Waals surface area contributed by atoms with E-state index in [1.165, 1.54) is 10.2 Å². The predicted molar refractivity (Wildman–Crippen MR) is 93.2 cm³/mol. The van der Waals surface area contributed by atoms with Crippen molar-refractivity contribution in [2.24, 2.45) is 0 Å². The van der Waals surface area contributed by atoms with E-state index in [2.05, 4.69) is 34.9 Å². The van der Waals surface area contributed by atoms with Crippen LogP contribution in [-0.4, -0.2) is 19.3 Å². The van der Waals surface area contributed by atoms with Crippen LogP contribution in [0.4, 0.5) is 0 Å². The first kappa shape index (κ1) is 15.8. The minimum Gasteiger partial charge on any atom is -0.291 e. The maximum absolute atomic E-state index is 12.0. The molecule has 5 nitrogen and oxygen atoms in total. The monoisotopic (exact) mass is 318 g/mol. The summed E-state index contributed by atoms with van der Waals surface area (Å²) < 4.78 is 3.17. The molecule has 0 unspecified atom stereocenters. The summed E-state index contributed by atoms with van der Waals surface area (Å²) in [6.07, 6.45) is 5.09. The van der Waals surface area contributed by atoms with E-state index in [1.807, 2.05) is 26.0 Å². The molecule has 3 aromatic rings. The number of rotatable bonds is 2. The number of hydrogen-bond donors (Lipinski definition) is 0. The summed E-state index contributed by atoms with van der Waals surface area (Å²) in [6, 6.07) is 7.69. The highest BCUT2D eigenvalue weighted by Crippen LogP contribution is 2.10. The zero-order valence-corrected chi connectivity index (χ0v) is 13.9. The second kappa shape index (κ2) is 6.55. The lowest BCUT2D eigenvalue weighted by Crippen LogP contribution is -2.21. The number of imidazole rings is 1. The summed E-state index contributed by atoms with van der Waals surface area (Å²) in [4.78, 5) is 16.2. The van der Waals surface area contributed by atoms with E-state index in [-0.39, 0.29) is 5.56 Å². The Morgan fingerprint density at radius 3 is 2.71 bits per heavy atom. The van der Waals surface area contributed by atoms with Crippen LogP contribution in [0.2, 0.25) is 0 Å². The van der Waals surface area contributed by atoms with Crippen molar-refractivity contribution in [2.75, 3.05) is 0 Å². The van der Waals surface area contributed by atoms with Crippen molar-refractivity contribution in [3.8, 4) is 17.5 Å². The van der Waals surface area contributed by atoms with E-state index in [9.17, 15) is 4.79 Å². The first-order valence-electron chi connectivity index (χ1n) is 7.78. The molecule has 0 N–H and O–H groups in total. The number of hydrogen-bond acceptors (Lipinski definition) is 3. The van der Waals surface area contributed by atoms with Crippen molar-refractivity contribution in [1.82, 2.24) is 19.3 Å². The third-order valence-electron chi connectivity index (χ3n) is 3.76. The number of nitrogens with zero attached hydrogens (tertiary/aromatic N) is 4. The molecule has 3 rings (SSSR count). The second-order valence-corrected chi connectivity index (χ2v) is 5.56. The summed E-state index contributed by atoms with van der Waals surface area (Å²) in [7, 11) is 0. The van der Waals surface area contributed by atoms with Gasteiger partial charge in [0.15, 0.2) is 5.82 Å². The summed E-state index contributed by atoms with van der Waals surface area (Å²) in [5.74, 6) is 6.81. The summed E-state index contributed by atoms with van der Waals surface area (Å²) >= 11 is 0. The van der Waals surface area contributed by atoms with Crippen LogP contribution in [0.3, 0.4) is 0 Å². The van der Waals surface area contributed by atoms with Gasteiger partial charge in [-0.25, -0.2) is 9.67 Å². The van der Waals surface area contributed by atoms with Crippen LogP contribution in [0.25, 0.3) is 5.69 Å². The summed E-state index contributed by atoms with van der Waals surface area (Å²) in [6.45, 7) is 6.52. The molecule has 24 heavy (non-hydrogen) atoms. The highest BCUT2D eigenvalue weighted by Gasteiger charge is 2.05. The first-order valence-corrected chi connectivity index (χ1v) is 7.78. The third kappa shape index (κ3) is 3.13. The molecule has 0 radical (unpaired) electrons. The molecular formula is C19H18N4O. The Kier molecular flexibility index (Phi) is 4.30. The van der Waals surface area contributed by atoms with Gasteiger partial charge in [-0.3, -0.25) is 9.36 Å². The Labute approximate surface area is 140 Å². The lowest BCUT2D eigenvalue weighted by molar-refractivity contribution is 0.613. The summed E-state index contributed by atoms with van der Waals surface area (Å²) in [5.41, 5.74) is 3.83. The topological polar surface area (TPSA) is 52.7 Å². The summed E-state index contributed by atoms with van der Waals surface area (Å²) in [5, 5.41) is 4.14. The van der Waals surface area contributed by atoms with Gasteiger partial charge in [0.1, 0.15) is 0 Å². The Bertz CT molecular complexity index is 1000. The van der Waals surface area contributed by atoms with Gasteiger partial charge in [-0.2, -0.15) is 5.10 Å². The molecule has 0 aliphatic rings. The van der Waals surface area contributed by atoms with E-state index in [1.54, 1.807) is 29.2 Å². The zero-order valence-electron chi connectivity index (χ0n) is 13.9. The molecule has 0 saturated carbocycles. The van der Waals surface area contributed by atoms with Gasteiger partial charge in [0.25, 0.3) is 5.56 Å². The van der Waals surface area contributed by atoms with Crippen LogP contribution in [0.15, 0.2) is 47.7 Å². The molecule has 5 heteroatoms. The Hall–Kier alpha value is -3.13. The predicted octanol–water partition coefficient (Wildman–Crippen LogP) is 2.47. The van der Waals surface area contributed by atoms with Crippen molar-refractivity contribution in [1.29, 1.82) is 0 Å². The molecule has 0 atom stereocenters. The second-order valence-electron chi connectivity index (χ2n) is 5.56. The average Bonchev–Trinajstić information content (AvgIpc) is 3.02. The first-order chi connectivity index (χ1) is 11.6. The third-order valence-corrected chi connectivity index (χ3v) is 3.76. The largest absolute Gasteiger partial charge is 0.291 e. The van der Waals surface area contributed by atoms with E-state index in [0.29, 0.717) is 18.1 Å². The van der Waals surface area contributed by atoms with E-state index in [0.717, 1.165) is 11.1 Å². The van der Waals surface area contributed by atoms with Crippen LogP contribution in [0, 0.1) is 25.7 Å². The fourth-order valence-electron chi connectivity index (χ4n) is 2.47. The molecule has 0 bridgehead atoms. The molecule has 120 valence electrons. The minimum absolute atomic E-state index is 0.142. The van der Waals surface area contributed by atoms with Gasteiger partial charge in [-0.05, 0) is 38.3 Å². The van der Waals surface area contributed by atoms with Crippen LogP contribution >= 0.6 is 0 Å². The fourth-order valence-corrected chi connectivity index (χ4v) is 2.47. The smallest absolute Gasteiger partial charge is 0.268 e. The van der Waals surface area contributed by atoms with Crippen LogP contribution in [-0.2, 0) is 6.54 Å². The number of aromatic nitrogens is 4. The maximum Gasteiger partial charge on any atom is 0.268 e. The van der Waals surface area contributed by atoms with Gasteiger partial charge in [-0.1, -0.05) is 23.6 Å². The van der Waals surface area contributed by atoms with Crippen LogP contribution < -0.4 is 5.56 Å². The van der Waals surface area contributed by atoms with Crippen molar-refractivity contribution in [2.45, 2.75) is 27.3 Å². The molecule has 1 aromatic carbocycles. The Balaban J connectivity index is 1.99. The number of benzene rings is 1. The molecule has 0 aliphatic heterocycles. The molecule has 2 aromatic heterocycles.